The zero-order valence-electron chi connectivity index (χ0n) is 16.8. The van der Waals surface area contributed by atoms with E-state index in [9.17, 15) is 19.1 Å². The van der Waals surface area contributed by atoms with E-state index in [1.807, 2.05) is 0 Å². The highest BCUT2D eigenvalue weighted by molar-refractivity contribution is 6.31. The minimum atomic E-state index is -1.03. The van der Waals surface area contributed by atoms with E-state index < -0.39 is 29.3 Å². The van der Waals surface area contributed by atoms with E-state index in [4.69, 9.17) is 27.6 Å². The van der Waals surface area contributed by atoms with Crippen molar-refractivity contribution >= 4 is 51.5 Å². The average Bonchev–Trinajstić information content (AvgIpc) is 3.32. The van der Waals surface area contributed by atoms with E-state index in [0.717, 1.165) is 6.07 Å². The van der Waals surface area contributed by atoms with Crippen LogP contribution in [0.3, 0.4) is 0 Å². The summed E-state index contributed by atoms with van der Waals surface area (Å²) in [4.78, 5) is 27.8. The molecule has 1 aliphatic rings. The number of furan rings is 1. The van der Waals surface area contributed by atoms with Crippen molar-refractivity contribution < 1.29 is 23.5 Å². The highest BCUT2D eigenvalue weighted by atomic mass is 35.5. The van der Waals surface area contributed by atoms with E-state index in [-0.39, 0.29) is 17.0 Å². The Balaban J connectivity index is 1.66. The second-order valence-electron chi connectivity index (χ2n) is 7.49. The zero-order chi connectivity index (χ0) is 23.3. The second kappa shape index (κ2) is 8.06. The number of aliphatic hydroxyl groups is 1. The molecule has 2 heterocycles. The van der Waals surface area contributed by atoms with Crippen molar-refractivity contribution in [3.63, 3.8) is 0 Å². The number of anilines is 1. The van der Waals surface area contributed by atoms with Gasteiger partial charge >= 0.3 is 0 Å². The van der Waals surface area contributed by atoms with Crippen LogP contribution in [0.25, 0.3) is 11.0 Å². The third kappa shape index (κ3) is 3.67. The molecule has 0 bridgehead atoms. The summed E-state index contributed by atoms with van der Waals surface area (Å²) in [5, 5.41) is 12.3. The Kier molecular flexibility index (Phi) is 5.19. The molecule has 0 spiro atoms. The summed E-state index contributed by atoms with van der Waals surface area (Å²) in [6.45, 7) is 0. The second-order valence-corrected chi connectivity index (χ2v) is 8.37. The van der Waals surface area contributed by atoms with Gasteiger partial charge in [0.1, 0.15) is 11.4 Å². The van der Waals surface area contributed by atoms with Gasteiger partial charge in [0, 0.05) is 21.1 Å². The van der Waals surface area contributed by atoms with Crippen molar-refractivity contribution in [3.05, 3.63) is 111 Å². The first-order chi connectivity index (χ1) is 15.8. The Morgan fingerprint density at radius 3 is 2.42 bits per heavy atom. The predicted molar refractivity (Wildman–Crippen MR) is 123 cm³/mol. The molecule has 1 aliphatic heterocycles. The smallest absolute Gasteiger partial charge is 0.294 e. The molecule has 33 heavy (non-hydrogen) atoms. The van der Waals surface area contributed by atoms with E-state index in [2.05, 4.69) is 0 Å². The molecule has 5 rings (SSSR count). The number of benzene rings is 3. The van der Waals surface area contributed by atoms with Crippen LogP contribution in [0.4, 0.5) is 10.1 Å². The number of hydrogen-bond donors (Lipinski definition) is 1. The van der Waals surface area contributed by atoms with Crippen LogP contribution in [0.15, 0.2) is 88.5 Å². The number of ketones is 1. The van der Waals surface area contributed by atoms with Gasteiger partial charge in [0.15, 0.2) is 11.5 Å². The van der Waals surface area contributed by atoms with Gasteiger partial charge in [0.05, 0.1) is 11.6 Å². The molecule has 0 aliphatic carbocycles. The number of carbonyl (C=O) groups excluding carboxylic acids is 2. The van der Waals surface area contributed by atoms with Crippen LogP contribution < -0.4 is 4.90 Å². The van der Waals surface area contributed by atoms with Crippen molar-refractivity contribution in [1.82, 2.24) is 0 Å². The van der Waals surface area contributed by atoms with Crippen LogP contribution in [-0.4, -0.2) is 16.8 Å². The van der Waals surface area contributed by atoms with Gasteiger partial charge in [0.2, 0.25) is 5.78 Å². The summed E-state index contributed by atoms with van der Waals surface area (Å²) < 4.78 is 19.7. The van der Waals surface area contributed by atoms with Crippen molar-refractivity contribution in [3.8, 4) is 0 Å². The molecule has 0 saturated heterocycles. The predicted octanol–water partition coefficient (Wildman–Crippen LogP) is 6.66. The van der Waals surface area contributed by atoms with Gasteiger partial charge in [-0.1, -0.05) is 41.4 Å². The third-order valence-corrected chi connectivity index (χ3v) is 5.91. The van der Waals surface area contributed by atoms with Crippen LogP contribution >= 0.6 is 23.2 Å². The minimum absolute atomic E-state index is 0.0679. The molecule has 4 aromatic rings. The quantitative estimate of drug-likeness (QED) is 0.330. The summed E-state index contributed by atoms with van der Waals surface area (Å²) in [6.07, 6.45) is 0. The summed E-state index contributed by atoms with van der Waals surface area (Å²) in [7, 11) is 0. The molecule has 164 valence electrons. The average molecular weight is 482 g/mol. The Hall–Kier alpha value is -3.61. The third-order valence-electron chi connectivity index (χ3n) is 5.43. The zero-order valence-corrected chi connectivity index (χ0v) is 18.3. The first kappa shape index (κ1) is 21.2. The molecule has 5 nitrogen and oxygen atoms in total. The number of carbonyl (C=O) groups is 2. The molecule has 1 aromatic heterocycles. The van der Waals surface area contributed by atoms with Crippen LogP contribution in [-0.2, 0) is 4.79 Å². The van der Waals surface area contributed by atoms with Crippen LogP contribution in [0.1, 0.15) is 22.2 Å². The van der Waals surface area contributed by atoms with Crippen molar-refractivity contribution in [1.29, 1.82) is 0 Å². The highest BCUT2D eigenvalue weighted by Crippen LogP contribution is 2.42. The van der Waals surface area contributed by atoms with Crippen molar-refractivity contribution in [2.45, 2.75) is 6.04 Å². The molecule has 1 amide bonds. The van der Waals surface area contributed by atoms with Crippen molar-refractivity contribution in [2.24, 2.45) is 0 Å². The van der Waals surface area contributed by atoms with Gasteiger partial charge < -0.3 is 9.52 Å². The molecular weight excluding hydrogens is 468 g/mol. The number of hydrogen-bond acceptors (Lipinski definition) is 4. The lowest BCUT2D eigenvalue weighted by Crippen LogP contribution is -2.31. The first-order valence-corrected chi connectivity index (χ1v) is 10.6. The Morgan fingerprint density at radius 2 is 1.70 bits per heavy atom. The number of amides is 1. The highest BCUT2D eigenvalue weighted by Gasteiger charge is 2.45. The first-order valence-electron chi connectivity index (χ1n) is 9.85. The molecule has 8 heteroatoms. The fourth-order valence-corrected chi connectivity index (χ4v) is 4.26. The van der Waals surface area contributed by atoms with Crippen LogP contribution in [0.5, 0.6) is 0 Å². The lowest BCUT2D eigenvalue weighted by atomic mass is 9.94. The maximum Gasteiger partial charge on any atom is 0.294 e. The summed E-state index contributed by atoms with van der Waals surface area (Å²) >= 11 is 12.0. The Morgan fingerprint density at radius 1 is 0.970 bits per heavy atom. The van der Waals surface area contributed by atoms with Gasteiger partial charge in [-0.2, -0.15) is 0 Å². The fourth-order valence-electron chi connectivity index (χ4n) is 3.95. The number of aliphatic hydroxyl groups excluding tert-OH is 1. The number of fused-ring (bicyclic) bond motifs is 1. The van der Waals surface area contributed by atoms with E-state index in [1.54, 1.807) is 42.5 Å². The minimum Gasteiger partial charge on any atom is -0.503 e. The Labute approximate surface area is 197 Å². The van der Waals surface area contributed by atoms with Crippen LogP contribution in [0, 0.1) is 5.82 Å². The van der Waals surface area contributed by atoms with Gasteiger partial charge in [-0.3, -0.25) is 14.5 Å². The number of rotatable bonds is 4. The summed E-state index contributed by atoms with van der Waals surface area (Å²) in [6, 6.07) is 17.2. The van der Waals surface area contributed by atoms with Crippen molar-refractivity contribution in [2.75, 3.05) is 4.90 Å². The van der Waals surface area contributed by atoms with Gasteiger partial charge in [0.25, 0.3) is 5.91 Å². The molecule has 0 radical (unpaired) electrons. The lowest BCUT2D eigenvalue weighted by Gasteiger charge is -2.26. The standard InChI is InChI=1S/C25H14Cl2FNO4/c26-15-6-4-13(5-7-15)22-21(23(30)20-11-14-10-16(27)8-9-19(14)33-20)24(31)25(32)29(22)18-3-1-2-17(28)12-18/h1-12,22,31H. The Bertz CT molecular complexity index is 1460. The maximum atomic E-state index is 14.0. The van der Waals surface area contributed by atoms with Crippen LogP contribution in [0.2, 0.25) is 10.0 Å². The van der Waals surface area contributed by atoms with Gasteiger partial charge in [-0.25, -0.2) is 4.39 Å². The molecule has 1 N–H and O–H groups in total. The fraction of sp³-hybridized carbons (Fsp3) is 0.0400. The molecule has 3 aromatic carbocycles. The van der Waals surface area contributed by atoms with Gasteiger partial charge in [-0.15, -0.1) is 0 Å². The van der Waals surface area contributed by atoms with E-state index in [1.165, 1.54) is 29.2 Å². The number of halogens is 3. The molecule has 1 atom stereocenters. The number of nitrogens with zero attached hydrogens (tertiary/aromatic N) is 1. The summed E-state index contributed by atoms with van der Waals surface area (Å²) in [5.41, 5.74) is 0.934. The molecule has 0 fully saturated rings. The van der Waals surface area contributed by atoms with Gasteiger partial charge in [-0.05, 0) is 60.2 Å². The SMILES string of the molecule is O=C(C1=C(O)C(=O)N(c2cccc(F)c2)C1c1ccc(Cl)cc1)c1cc2cc(Cl)ccc2o1. The molecular formula is C25H14Cl2FNO4. The van der Waals surface area contributed by atoms with E-state index in [0.29, 0.717) is 26.6 Å². The summed E-state index contributed by atoms with van der Waals surface area (Å²) in [5.74, 6) is -2.87. The number of Topliss-reactive ketones (excluding diaryl/α,β-unsaturated/α-hetero) is 1. The maximum absolute atomic E-state index is 14.0. The normalized spacial score (nSPS) is 16.2. The molecule has 0 saturated carbocycles. The monoisotopic (exact) mass is 481 g/mol. The van der Waals surface area contributed by atoms with E-state index >= 15 is 0 Å². The largest absolute Gasteiger partial charge is 0.503 e. The molecule has 1 unspecified atom stereocenters. The lowest BCUT2D eigenvalue weighted by molar-refractivity contribution is -0.117. The topological polar surface area (TPSA) is 70.8 Å².